The van der Waals surface area contributed by atoms with Gasteiger partial charge in [-0.25, -0.2) is 9.13 Å². The van der Waals surface area contributed by atoms with Gasteiger partial charge in [0.1, 0.15) is 19.3 Å². The number of hydrogen-bond donors (Lipinski definition) is 3. The summed E-state index contributed by atoms with van der Waals surface area (Å²) >= 11 is 0. The van der Waals surface area contributed by atoms with Crippen LogP contribution in [0.15, 0.2) is 0 Å². The summed E-state index contributed by atoms with van der Waals surface area (Å²) in [5.41, 5.74) is 0. The van der Waals surface area contributed by atoms with Gasteiger partial charge >= 0.3 is 39.5 Å². The summed E-state index contributed by atoms with van der Waals surface area (Å²) in [6.07, 6.45) is 75.2. The summed E-state index contributed by atoms with van der Waals surface area (Å²) in [4.78, 5) is 73.3. The summed E-state index contributed by atoms with van der Waals surface area (Å²) in [5, 5.41) is 10.7. The zero-order valence-electron chi connectivity index (χ0n) is 70.3. The molecule has 0 spiro atoms. The van der Waals surface area contributed by atoms with Gasteiger partial charge in [0.25, 0.3) is 0 Å². The molecule has 0 saturated carbocycles. The molecule has 0 radical (unpaired) electrons. The number of phosphoric acid groups is 2. The fourth-order valence-corrected chi connectivity index (χ4v) is 15.4. The molecular formula is C88H172O17P2. The third-order valence-corrected chi connectivity index (χ3v) is 22.7. The summed E-state index contributed by atoms with van der Waals surface area (Å²) in [6, 6.07) is 0. The third kappa shape index (κ3) is 81.9. The zero-order valence-corrected chi connectivity index (χ0v) is 72.1. The molecule has 0 saturated heterocycles. The molecule has 0 rings (SSSR count). The number of aliphatic hydroxyl groups is 1. The fourth-order valence-electron chi connectivity index (χ4n) is 13.8. The number of rotatable bonds is 88. The molecular weight excluding hydrogens is 1390 g/mol. The summed E-state index contributed by atoms with van der Waals surface area (Å²) in [7, 11) is -9.93. The van der Waals surface area contributed by atoms with Crippen molar-refractivity contribution in [2.45, 2.75) is 496 Å². The van der Waals surface area contributed by atoms with Crippen molar-refractivity contribution in [1.29, 1.82) is 0 Å². The van der Waals surface area contributed by atoms with Crippen LogP contribution in [-0.4, -0.2) is 96.7 Å². The van der Waals surface area contributed by atoms with Crippen LogP contribution in [0.2, 0.25) is 0 Å². The van der Waals surface area contributed by atoms with Crippen molar-refractivity contribution in [3.8, 4) is 0 Å². The molecule has 0 aliphatic heterocycles. The Morgan fingerprint density at radius 3 is 0.636 bits per heavy atom. The molecule has 17 nitrogen and oxygen atoms in total. The molecule has 0 fully saturated rings. The maximum Gasteiger partial charge on any atom is 0.472 e. The Labute approximate surface area is 658 Å². The average molecular weight is 1560 g/mol. The summed E-state index contributed by atoms with van der Waals surface area (Å²) in [6.45, 7) is 7.34. The molecule has 0 aliphatic carbocycles. The first kappa shape index (κ1) is 105. The maximum absolute atomic E-state index is 13.2. The molecule has 107 heavy (non-hydrogen) atoms. The minimum absolute atomic E-state index is 0.108. The van der Waals surface area contributed by atoms with Crippen molar-refractivity contribution >= 4 is 39.5 Å². The van der Waals surface area contributed by atoms with Crippen molar-refractivity contribution in [2.75, 3.05) is 39.6 Å². The van der Waals surface area contributed by atoms with Gasteiger partial charge in [0.05, 0.1) is 26.4 Å². The van der Waals surface area contributed by atoms with Gasteiger partial charge in [0.2, 0.25) is 0 Å². The topological polar surface area (TPSA) is 237 Å². The second-order valence-corrected chi connectivity index (χ2v) is 35.0. The first-order valence-corrected chi connectivity index (χ1v) is 48.6. The molecule has 0 aliphatic rings. The van der Waals surface area contributed by atoms with E-state index in [1.54, 1.807) is 0 Å². The summed E-state index contributed by atoms with van der Waals surface area (Å²) in [5.74, 6) is -1.37. The zero-order chi connectivity index (χ0) is 78.3. The predicted octanol–water partition coefficient (Wildman–Crippen LogP) is 27.2. The Morgan fingerprint density at radius 1 is 0.252 bits per heavy atom. The Kier molecular flexibility index (Phi) is 79.2. The number of carbonyl (C=O) groups excluding carboxylic acids is 4. The second kappa shape index (κ2) is 80.7. The van der Waals surface area contributed by atoms with Crippen LogP contribution in [0.5, 0.6) is 0 Å². The predicted molar refractivity (Wildman–Crippen MR) is 442 cm³/mol. The SMILES string of the molecule is CCCCCCCCCCCCCCCCCCCCCCCCC(=O)O[C@H](COC(=O)CCCCCCCCCCCCCCCCCCCCCC)COP(=O)(O)OC[C@@H](O)COP(=O)(O)OC[C@@H](COC(=O)CCCCCCCCCCC(C)C)OC(=O)CCCCCCCCCCCCCCCC. The highest BCUT2D eigenvalue weighted by Crippen LogP contribution is 2.45. The van der Waals surface area contributed by atoms with Crippen LogP contribution in [0.1, 0.15) is 478 Å². The minimum Gasteiger partial charge on any atom is -0.462 e. The molecule has 0 bridgehead atoms. The number of aliphatic hydroxyl groups excluding tert-OH is 1. The van der Waals surface area contributed by atoms with E-state index in [4.69, 9.17) is 37.0 Å². The lowest BCUT2D eigenvalue weighted by Crippen LogP contribution is -2.30. The Balaban J connectivity index is 5.22. The molecule has 2 unspecified atom stereocenters. The standard InChI is InChI=1S/C88H172O17P2/c1-6-9-12-15-18-21-24-27-30-32-34-36-37-39-41-43-46-49-52-59-64-69-74-88(93)104-83(77-98-85(90)71-66-61-56-50-47-45-42-40-38-35-33-31-28-25-22-19-16-13-10-7-2)79-102-106(94,95)100-75-82(89)76-101-107(96,97)103-80-84(78-99-86(91)72-67-62-57-54-53-55-60-65-70-81(4)5)105-87(92)73-68-63-58-51-48-44-29-26-23-20-17-14-11-8-3/h81-84,89H,6-80H2,1-5H3,(H,94,95)(H,96,97)/t82-,83-,84-/m1/s1. The van der Waals surface area contributed by atoms with Crippen molar-refractivity contribution in [3.63, 3.8) is 0 Å². The molecule has 636 valence electrons. The van der Waals surface area contributed by atoms with Gasteiger partial charge < -0.3 is 33.8 Å². The van der Waals surface area contributed by atoms with E-state index in [0.717, 1.165) is 95.8 Å². The molecule has 19 heteroatoms. The number of hydrogen-bond acceptors (Lipinski definition) is 15. The van der Waals surface area contributed by atoms with Crippen molar-refractivity contribution in [2.24, 2.45) is 5.92 Å². The fraction of sp³-hybridized carbons (Fsp3) is 0.955. The molecule has 0 aromatic heterocycles. The maximum atomic E-state index is 13.2. The van der Waals surface area contributed by atoms with Crippen molar-refractivity contribution in [3.05, 3.63) is 0 Å². The Morgan fingerprint density at radius 2 is 0.430 bits per heavy atom. The third-order valence-electron chi connectivity index (χ3n) is 20.8. The van der Waals surface area contributed by atoms with Crippen LogP contribution in [-0.2, 0) is 65.4 Å². The average Bonchev–Trinajstić information content (AvgIpc) is 0.910. The molecule has 0 aromatic rings. The van der Waals surface area contributed by atoms with E-state index in [1.165, 1.54) is 302 Å². The van der Waals surface area contributed by atoms with Crippen LogP contribution < -0.4 is 0 Å². The minimum atomic E-state index is -4.97. The quantitative estimate of drug-likeness (QED) is 0.0222. The van der Waals surface area contributed by atoms with Gasteiger partial charge in [0, 0.05) is 25.7 Å². The van der Waals surface area contributed by atoms with Gasteiger partial charge in [-0.1, -0.05) is 426 Å². The molecule has 3 N–H and O–H groups in total. The number of phosphoric ester groups is 2. The monoisotopic (exact) mass is 1560 g/mol. The van der Waals surface area contributed by atoms with E-state index >= 15 is 0 Å². The van der Waals surface area contributed by atoms with Gasteiger partial charge in [-0.05, 0) is 31.6 Å². The normalized spacial score (nSPS) is 13.7. The van der Waals surface area contributed by atoms with E-state index < -0.39 is 97.5 Å². The molecule has 0 amide bonds. The number of esters is 4. The van der Waals surface area contributed by atoms with Crippen LogP contribution in [0.4, 0.5) is 0 Å². The molecule has 0 heterocycles. The van der Waals surface area contributed by atoms with Gasteiger partial charge in [-0.2, -0.15) is 0 Å². The van der Waals surface area contributed by atoms with Crippen LogP contribution in [0.3, 0.4) is 0 Å². The highest BCUT2D eigenvalue weighted by atomic mass is 31.2. The van der Waals surface area contributed by atoms with Gasteiger partial charge in [-0.15, -0.1) is 0 Å². The van der Waals surface area contributed by atoms with E-state index in [-0.39, 0.29) is 25.7 Å². The first-order valence-electron chi connectivity index (χ1n) is 45.6. The lowest BCUT2D eigenvalue weighted by atomic mass is 10.0. The number of ether oxygens (including phenoxy) is 4. The lowest BCUT2D eigenvalue weighted by Gasteiger charge is -2.21. The Hall–Kier alpha value is -1.94. The van der Waals surface area contributed by atoms with E-state index in [1.807, 2.05) is 0 Å². The van der Waals surface area contributed by atoms with Crippen molar-refractivity contribution < 1.29 is 80.2 Å². The van der Waals surface area contributed by atoms with Gasteiger partial charge in [-0.3, -0.25) is 37.3 Å². The van der Waals surface area contributed by atoms with Crippen LogP contribution in [0, 0.1) is 5.92 Å². The molecule has 5 atom stereocenters. The Bertz CT molecular complexity index is 2030. The molecule has 0 aromatic carbocycles. The highest BCUT2D eigenvalue weighted by Gasteiger charge is 2.30. The summed E-state index contributed by atoms with van der Waals surface area (Å²) < 4.78 is 68.9. The van der Waals surface area contributed by atoms with Crippen molar-refractivity contribution in [1.82, 2.24) is 0 Å². The van der Waals surface area contributed by atoms with Gasteiger partial charge in [0.15, 0.2) is 12.2 Å². The highest BCUT2D eigenvalue weighted by molar-refractivity contribution is 7.47. The van der Waals surface area contributed by atoms with E-state index in [0.29, 0.717) is 25.7 Å². The van der Waals surface area contributed by atoms with E-state index in [9.17, 15) is 43.2 Å². The van der Waals surface area contributed by atoms with Crippen LogP contribution in [0.25, 0.3) is 0 Å². The first-order chi connectivity index (χ1) is 52.0. The largest absolute Gasteiger partial charge is 0.472 e. The van der Waals surface area contributed by atoms with Crippen LogP contribution >= 0.6 is 15.6 Å². The lowest BCUT2D eigenvalue weighted by molar-refractivity contribution is -0.161. The number of carbonyl (C=O) groups is 4. The second-order valence-electron chi connectivity index (χ2n) is 32.1. The number of unbranched alkanes of at least 4 members (excludes halogenated alkanes) is 60. The van der Waals surface area contributed by atoms with E-state index in [2.05, 4.69) is 34.6 Å². The smallest absolute Gasteiger partial charge is 0.462 e.